The molecule has 0 atom stereocenters. The third-order valence-corrected chi connectivity index (χ3v) is 5.89. The average Bonchev–Trinajstić information content (AvgIpc) is 2.80. The molecule has 6 nitrogen and oxygen atoms in total. The van der Waals surface area contributed by atoms with Crippen molar-refractivity contribution in [1.82, 2.24) is 20.5 Å². The van der Waals surface area contributed by atoms with Crippen LogP contribution in [0.5, 0.6) is 0 Å². The smallest absolute Gasteiger partial charge is 0.191 e. The normalized spacial score (nSPS) is 15.9. The molecule has 3 rings (SSSR count). The van der Waals surface area contributed by atoms with E-state index in [0.29, 0.717) is 0 Å². The largest absolute Gasteiger partial charge is 0.356 e. The van der Waals surface area contributed by atoms with Crippen LogP contribution in [0.4, 0.5) is 5.82 Å². The Labute approximate surface area is 181 Å². The van der Waals surface area contributed by atoms with E-state index in [2.05, 4.69) is 93.6 Å². The molecule has 30 heavy (non-hydrogen) atoms. The highest BCUT2D eigenvalue weighted by molar-refractivity contribution is 5.79. The minimum atomic E-state index is 0.0172. The SMILES string of the molecule is CCN1CCN(c2cc(CNC(=NC)NCC(C)(C)c3ccccc3)ccn2)CC1. The maximum Gasteiger partial charge on any atom is 0.191 e. The Morgan fingerprint density at radius 2 is 1.80 bits per heavy atom. The lowest BCUT2D eigenvalue weighted by Gasteiger charge is -2.34. The molecule has 1 aromatic carbocycles. The molecule has 1 saturated heterocycles. The van der Waals surface area contributed by atoms with Crippen molar-refractivity contribution < 1.29 is 0 Å². The lowest BCUT2D eigenvalue weighted by molar-refractivity contribution is 0.270. The van der Waals surface area contributed by atoms with Gasteiger partial charge in [-0.25, -0.2) is 4.98 Å². The molecule has 1 aliphatic rings. The third kappa shape index (κ3) is 5.95. The van der Waals surface area contributed by atoms with E-state index in [-0.39, 0.29) is 5.41 Å². The summed E-state index contributed by atoms with van der Waals surface area (Å²) in [6.45, 7) is 13.6. The summed E-state index contributed by atoms with van der Waals surface area (Å²) in [7, 11) is 1.82. The number of nitrogens with one attached hydrogen (secondary N) is 2. The fraction of sp³-hybridized carbons (Fsp3) is 0.500. The molecule has 2 N–H and O–H groups in total. The Kier molecular flexibility index (Phi) is 7.69. The Hall–Kier alpha value is -2.60. The zero-order valence-corrected chi connectivity index (χ0v) is 18.9. The van der Waals surface area contributed by atoms with E-state index in [1.165, 1.54) is 11.1 Å². The van der Waals surface area contributed by atoms with E-state index in [1.54, 1.807) is 0 Å². The summed E-state index contributed by atoms with van der Waals surface area (Å²) in [6, 6.07) is 14.9. The molecule has 1 aromatic heterocycles. The second kappa shape index (κ2) is 10.4. The van der Waals surface area contributed by atoms with Gasteiger partial charge in [0.1, 0.15) is 5.82 Å². The van der Waals surface area contributed by atoms with Gasteiger partial charge >= 0.3 is 0 Å². The number of nitrogens with zero attached hydrogens (tertiary/aromatic N) is 4. The first kappa shape index (κ1) is 22.1. The molecule has 0 bridgehead atoms. The van der Waals surface area contributed by atoms with E-state index in [9.17, 15) is 0 Å². The monoisotopic (exact) mass is 408 g/mol. The van der Waals surface area contributed by atoms with Crippen LogP contribution < -0.4 is 15.5 Å². The van der Waals surface area contributed by atoms with Crippen molar-refractivity contribution >= 4 is 11.8 Å². The highest BCUT2D eigenvalue weighted by Gasteiger charge is 2.20. The first-order chi connectivity index (χ1) is 14.5. The summed E-state index contributed by atoms with van der Waals surface area (Å²) in [5, 5.41) is 6.92. The number of likely N-dealkylation sites (N-methyl/N-ethyl adjacent to an activating group) is 1. The summed E-state index contributed by atoms with van der Waals surface area (Å²) in [5.74, 6) is 1.88. The Morgan fingerprint density at radius 3 is 2.47 bits per heavy atom. The zero-order chi connectivity index (χ0) is 21.4. The highest BCUT2D eigenvalue weighted by Crippen LogP contribution is 2.21. The van der Waals surface area contributed by atoms with Crippen LogP contribution in [0.3, 0.4) is 0 Å². The molecule has 0 radical (unpaired) electrons. The van der Waals surface area contributed by atoms with Crippen LogP contribution in [0.1, 0.15) is 31.9 Å². The minimum Gasteiger partial charge on any atom is -0.356 e. The molecular weight excluding hydrogens is 372 g/mol. The van der Waals surface area contributed by atoms with Crippen molar-refractivity contribution in [3.05, 3.63) is 59.8 Å². The van der Waals surface area contributed by atoms with Crippen molar-refractivity contribution in [3.63, 3.8) is 0 Å². The molecule has 6 heteroatoms. The van der Waals surface area contributed by atoms with Crippen LogP contribution in [0, 0.1) is 0 Å². The van der Waals surface area contributed by atoms with Crippen molar-refractivity contribution in [1.29, 1.82) is 0 Å². The number of aromatic nitrogens is 1. The summed E-state index contributed by atoms with van der Waals surface area (Å²) < 4.78 is 0. The maximum atomic E-state index is 4.60. The standard InChI is InChI=1S/C24H36N6/c1-5-29-13-15-30(16-14-29)22-17-20(11-12-26-22)18-27-23(25-4)28-19-24(2,3)21-9-7-6-8-10-21/h6-12,17H,5,13-16,18-19H2,1-4H3,(H2,25,27,28). The molecule has 2 heterocycles. The van der Waals surface area contributed by atoms with Crippen molar-refractivity contribution in [2.24, 2.45) is 4.99 Å². The number of benzene rings is 1. The van der Waals surface area contributed by atoms with Crippen molar-refractivity contribution in [2.75, 3.05) is 51.2 Å². The van der Waals surface area contributed by atoms with Crippen LogP contribution in [-0.4, -0.2) is 62.2 Å². The number of aliphatic imine (C=N–C) groups is 1. The second-order valence-electron chi connectivity index (χ2n) is 8.47. The third-order valence-electron chi connectivity index (χ3n) is 5.89. The Bertz CT molecular complexity index is 809. The minimum absolute atomic E-state index is 0.0172. The predicted molar refractivity (Wildman–Crippen MR) is 126 cm³/mol. The number of hydrogen-bond donors (Lipinski definition) is 2. The van der Waals surface area contributed by atoms with E-state index in [0.717, 1.165) is 57.6 Å². The lowest BCUT2D eigenvalue weighted by Crippen LogP contribution is -2.46. The van der Waals surface area contributed by atoms with Gasteiger partial charge in [-0.3, -0.25) is 4.99 Å². The van der Waals surface area contributed by atoms with E-state index >= 15 is 0 Å². The maximum absolute atomic E-state index is 4.60. The van der Waals surface area contributed by atoms with Crippen molar-refractivity contribution in [2.45, 2.75) is 32.7 Å². The number of pyridine rings is 1. The average molecular weight is 409 g/mol. The molecule has 0 spiro atoms. The van der Waals surface area contributed by atoms with Crippen LogP contribution >= 0.6 is 0 Å². The van der Waals surface area contributed by atoms with E-state index in [4.69, 9.17) is 0 Å². The summed E-state index contributed by atoms with van der Waals surface area (Å²) >= 11 is 0. The second-order valence-corrected chi connectivity index (χ2v) is 8.47. The molecule has 1 aliphatic heterocycles. The Morgan fingerprint density at radius 1 is 1.07 bits per heavy atom. The molecule has 0 aliphatic carbocycles. The molecule has 2 aromatic rings. The van der Waals surface area contributed by atoms with Gasteiger partial charge in [0.25, 0.3) is 0 Å². The predicted octanol–water partition coefficient (Wildman–Crippen LogP) is 2.87. The van der Waals surface area contributed by atoms with Gasteiger partial charge in [0, 0.05) is 57.9 Å². The van der Waals surface area contributed by atoms with E-state index < -0.39 is 0 Å². The molecule has 162 valence electrons. The lowest BCUT2D eigenvalue weighted by atomic mass is 9.85. The fourth-order valence-electron chi connectivity index (χ4n) is 3.74. The van der Waals surface area contributed by atoms with Gasteiger partial charge in [0.2, 0.25) is 0 Å². The van der Waals surface area contributed by atoms with Gasteiger partial charge in [0.05, 0.1) is 0 Å². The first-order valence-electron chi connectivity index (χ1n) is 10.9. The fourth-order valence-corrected chi connectivity index (χ4v) is 3.74. The van der Waals surface area contributed by atoms with Gasteiger partial charge in [-0.05, 0) is 29.8 Å². The molecule has 1 fully saturated rings. The molecule has 0 unspecified atom stereocenters. The van der Waals surface area contributed by atoms with Crippen LogP contribution in [-0.2, 0) is 12.0 Å². The summed E-state index contributed by atoms with van der Waals surface area (Å²) in [5.41, 5.74) is 2.54. The van der Waals surface area contributed by atoms with Gasteiger partial charge in [-0.15, -0.1) is 0 Å². The summed E-state index contributed by atoms with van der Waals surface area (Å²) in [6.07, 6.45) is 1.91. The van der Waals surface area contributed by atoms with Gasteiger partial charge in [-0.1, -0.05) is 51.1 Å². The van der Waals surface area contributed by atoms with Crippen LogP contribution in [0.2, 0.25) is 0 Å². The highest BCUT2D eigenvalue weighted by atomic mass is 15.3. The van der Waals surface area contributed by atoms with Crippen LogP contribution in [0.15, 0.2) is 53.7 Å². The molecule has 0 saturated carbocycles. The number of hydrogen-bond acceptors (Lipinski definition) is 4. The Balaban J connectivity index is 1.53. The molecule has 0 amide bonds. The number of guanidine groups is 1. The van der Waals surface area contributed by atoms with Gasteiger partial charge in [0.15, 0.2) is 5.96 Å². The number of piperazine rings is 1. The molecular formula is C24H36N6. The first-order valence-corrected chi connectivity index (χ1v) is 10.9. The van der Waals surface area contributed by atoms with Crippen LogP contribution in [0.25, 0.3) is 0 Å². The zero-order valence-electron chi connectivity index (χ0n) is 18.9. The summed E-state index contributed by atoms with van der Waals surface area (Å²) in [4.78, 5) is 13.9. The van der Waals surface area contributed by atoms with E-state index in [1.807, 2.05) is 13.2 Å². The number of anilines is 1. The quantitative estimate of drug-likeness (QED) is 0.545. The number of rotatable bonds is 7. The van der Waals surface area contributed by atoms with Gasteiger partial charge < -0.3 is 20.4 Å². The van der Waals surface area contributed by atoms with Gasteiger partial charge in [-0.2, -0.15) is 0 Å². The topological polar surface area (TPSA) is 55.8 Å². The van der Waals surface area contributed by atoms with Crippen molar-refractivity contribution in [3.8, 4) is 0 Å².